The van der Waals surface area contributed by atoms with Gasteiger partial charge in [-0.25, -0.2) is 0 Å². The van der Waals surface area contributed by atoms with Crippen molar-refractivity contribution in [2.24, 2.45) is 28.1 Å². The van der Waals surface area contributed by atoms with E-state index in [1.54, 1.807) is 7.11 Å². The van der Waals surface area contributed by atoms with Crippen LogP contribution in [-0.4, -0.2) is 68.9 Å². The third-order valence-corrected chi connectivity index (χ3v) is 22.5. The maximum atomic E-state index is 7.72. The molecule has 0 bridgehead atoms. The summed E-state index contributed by atoms with van der Waals surface area (Å²) in [6, 6.07) is 3.43. The van der Waals surface area contributed by atoms with Gasteiger partial charge >= 0.3 is 0 Å². The zero-order valence-corrected chi connectivity index (χ0v) is 33.6. The van der Waals surface area contributed by atoms with Crippen molar-refractivity contribution in [1.29, 1.82) is 0 Å². The van der Waals surface area contributed by atoms with Crippen LogP contribution >= 0.6 is 0 Å². The Labute approximate surface area is 280 Å². The average Bonchev–Trinajstić information content (AvgIpc) is 3.16. The minimum Gasteiger partial charge on any atom is -0.414 e. The van der Waals surface area contributed by atoms with Crippen LogP contribution in [0.4, 0.5) is 0 Å². The predicted molar refractivity (Wildman–Crippen MR) is 191 cm³/mol. The highest BCUT2D eigenvalue weighted by atomic mass is 28.4. The van der Waals surface area contributed by atoms with Crippen molar-refractivity contribution in [3.63, 3.8) is 0 Å². The van der Waals surface area contributed by atoms with Gasteiger partial charge in [-0.2, -0.15) is 0 Å². The number of allylic oxidation sites excluding steroid dienone is 2. The third kappa shape index (κ3) is 7.58. The second-order valence-electron chi connectivity index (χ2n) is 16.7. The zero-order valence-electron chi connectivity index (χ0n) is 31.6. The SMILES string of the molecule is [CH2]COCO[C@H]1CC[C@H](O[Si](C)(C)C(C)(C)C)C2[C@@]1(C)[C@@H](O[Si](CC)(CC)CC)C[C@H]1C(C)(C)C(C)=C[C@@]21CCCOCOC. The molecule has 0 saturated heterocycles. The van der Waals surface area contributed by atoms with Crippen molar-refractivity contribution >= 4 is 16.6 Å². The Morgan fingerprint density at radius 2 is 1.58 bits per heavy atom. The zero-order chi connectivity index (χ0) is 33.9. The predicted octanol–water partition coefficient (Wildman–Crippen LogP) is 9.77. The van der Waals surface area contributed by atoms with E-state index in [1.165, 1.54) is 5.57 Å². The molecule has 8 heteroatoms. The molecule has 0 aromatic rings. The molecule has 6 nitrogen and oxygen atoms in total. The van der Waals surface area contributed by atoms with Gasteiger partial charge in [0.1, 0.15) is 13.6 Å². The number of fused-ring (bicyclic) bond motifs is 3. The quantitative estimate of drug-likeness (QED) is 0.0666. The maximum Gasteiger partial charge on any atom is 0.192 e. The Bertz CT molecular complexity index is 964. The van der Waals surface area contributed by atoms with E-state index in [-0.39, 0.29) is 52.3 Å². The molecule has 0 aromatic carbocycles. The summed E-state index contributed by atoms with van der Waals surface area (Å²) in [4.78, 5) is 0. The highest BCUT2D eigenvalue weighted by Crippen LogP contribution is 2.71. The summed E-state index contributed by atoms with van der Waals surface area (Å²) in [6.45, 7) is 34.5. The van der Waals surface area contributed by atoms with Gasteiger partial charge in [-0.1, -0.05) is 74.0 Å². The highest BCUT2D eigenvalue weighted by Gasteiger charge is 2.70. The number of rotatable bonds is 17. The van der Waals surface area contributed by atoms with Crippen molar-refractivity contribution in [2.45, 2.75) is 156 Å². The van der Waals surface area contributed by atoms with Crippen LogP contribution in [0.5, 0.6) is 0 Å². The smallest absolute Gasteiger partial charge is 0.192 e. The minimum absolute atomic E-state index is 0.0237. The summed E-state index contributed by atoms with van der Waals surface area (Å²) < 4.78 is 39.0. The molecule has 3 aliphatic carbocycles. The average molecular weight is 668 g/mol. The van der Waals surface area contributed by atoms with E-state index in [4.69, 9.17) is 27.8 Å². The summed E-state index contributed by atoms with van der Waals surface area (Å²) in [5.41, 5.74) is 1.29. The topological polar surface area (TPSA) is 55.4 Å². The largest absolute Gasteiger partial charge is 0.414 e. The Hall–Kier alpha value is -0.0662. The van der Waals surface area contributed by atoms with Crippen LogP contribution in [0, 0.1) is 35.0 Å². The van der Waals surface area contributed by atoms with Crippen LogP contribution in [0.3, 0.4) is 0 Å². The lowest BCUT2D eigenvalue weighted by Crippen LogP contribution is -2.69. The summed E-state index contributed by atoms with van der Waals surface area (Å²) in [5.74, 6) is 0.700. The first kappa shape index (κ1) is 39.4. The molecule has 0 N–H and O–H groups in total. The van der Waals surface area contributed by atoms with Gasteiger partial charge in [-0.05, 0) is 99.0 Å². The van der Waals surface area contributed by atoms with Gasteiger partial charge in [0, 0.05) is 37.8 Å². The Balaban J connectivity index is 2.27. The van der Waals surface area contributed by atoms with E-state index < -0.39 is 16.6 Å². The molecule has 3 aliphatic rings. The van der Waals surface area contributed by atoms with E-state index in [2.05, 4.69) is 95.3 Å². The first-order valence-electron chi connectivity index (χ1n) is 18.1. The Kier molecular flexibility index (Phi) is 13.3. The molecule has 0 aromatic heterocycles. The minimum atomic E-state index is -2.09. The fraction of sp³-hybridized carbons (Fsp3) is 0.919. The van der Waals surface area contributed by atoms with Crippen molar-refractivity contribution in [3.05, 3.63) is 18.6 Å². The van der Waals surface area contributed by atoms with E-state index in [0.29, 0.717) is 25.9 Å². The van der Waals surface area contributed by atoms with E-state index in [1.807, 2.05) is 0 Å². The van der Waals surface area contributed by atoms with Crippen LogP contribution in [-0.2, 0) is 27.8 Å². The monoisotopic (exact) mass is 667 g/mol. The summed E-state index contributed by atoms with van der Waals surface area (Å²) in [6.07, 6.45) is 8.01. The standard InChI is InChI=1S/C37H71O6Si2/c1-15-39-27-41-31-21-20-29(42-44(13,14)34(6,7)8)33-36(31,11)32(43-45(16-2,17-3)18-4)24-30-35(9,10)28(5)25-37(30,33)22-19-23-40-26-38-12/h25,29-33H,1,15-24,26-27H2,2-14H3/t29-,30-,31-,32-,33?,36+,37+/m0/s1. The lowest BCUT2D eigenvalue weighted by atomic mass is 9.43. The normalized spacial score (nSPS) is 33.6. The molecule has 3 rings (SSSR count). The molecular weight excluding hydrogens is 597 g/mol. The van der Waals surface area contributed by atoms with Crippen LogP contribution in [0.1, 0.15) is 101 Å². The second-order valence-corrected chi connectivity index (χ2v) is 26.2. The molecule has 0 aliphatic heterocycles. The summed E-state index contributed by atoms with van der Waals surface area (Å²) in [5, 5.41) is 0.124. The first-order chi connectivity index (χ1) is 21.0. The second kappa shape index (κ2) is 15.2. The van der Waals surface area contributed by atoms with E-state index in [9.17, 15) is 0 Å². The van der Waals surface area contributed by atoms with Crippen molar-refractivity contribution in [2.75, 3.05) is 33.9 Å². The van der Waals surface area contributed by atoms with Gasteiger partial charge < -0.3 is 27.8 Å². The summed E-state index contributed by atoms with van der Waals surface area (Å²) >= 11 is 0. The molecular formula is C37H71O6Si2. The lowest BCUT2D eigenvalue weighted by molar-refractivity contribution is -0.252. The van der Waals surface area contributed by atoms with Crippen LogP contribution in [0.25, 0.3) is 0 Å². The summed E-state index contributed by atoms with van der Waals surface area (Å²) in [7, 11) is -2.34. The number of hydrogen-bond acceptors (Lipinski definition) is 6. The highest BCUT2D eigenvalue weighted by molar-refractivity contribution is 6.74. The van der Waals surface area contributed by atoms with Gasteiger partial charge in [0.15, 0.2) is 16.6 Å². The van der Waals surface area contributed by atoms with Gasteiger partial charge in [-0.15, -0.1) is 0 Å². The van der Waals surface area contributed by atoms with Crippen molar-refractivity contribution in [1.82, 2.24) is 0 Å². The molecule has 1 radical (unpaired) electrons. The first-order valence-corrected chi connectivity index (χ1v) is 23.5. The fourth-order valence-corrected chi connectivity index (χ4v) is 13.6. The Morgan fingerprint density at radius 1 is 0.933 bits per heavy atom. The van der Waals surface area contributed by atoms with Crippen LogP contribution < -0.4 is 0 Å². The van der Waals surface area contributed by atoms with Gasteiger partial charge in [0.05, 0.1) is 12.2 Å². The van der Waals surface area contributed by atoms with Crippen molar-refractivity contribution in [3.8, 4) is 0 Å². The molecule has 45 heavy (non-hydrogen) atoms. The number of methoxy groups -OCH3 is 1. The molecule has 2 fully saturated rings. The molecule has 7 atom stereocenters. The maximum absolute atomic E-state index is 7.72. The van der Waals surface area contributed by atoms with Crippen LogP contribution in [0.15, 0.2) is 11.6 Å². The fourth-order valence-electron chi connectivity index (χ4n) is 9.29. The van der Waals surface area contributed by atoms with Crippen LogP contribution in [0.2, 0.25) is 36.3 Å². The molecule has 0 spiro atoms. The molecule has 2 saturated carbocycles. The Morgan fingerprint density at radius 3 is 2.13 bits per heavy atom. The lowest BCUT2D eigenvalue weighted by Gasteiger charge is -2.67. The van der Waals surface area contributed by atoms with E-state index >= 15 is 0 Å². The molecule has 0 heterocycles. The molecule has 263 valence electrons. The number of hydrogen-bond donors (Lipinski definition) is 0. The van der Waals surface area contributed by atoms with E-state index in [0.717, 1.165) is 50.2 Å². The van der Waals surface area contributed by atoms with Gasteiger partial charge in [0.2, 0.25) is 0 Å². The van der Waals surface area contributed by atoms with Gasteiger partial charge in [0.25, 0.3) is 0 Å². The third-order valence-electron chi connectivity index (χ3n) is 13.4. The van der Waals surface area contributed by atoms with Gasteiger partial charge in [-0.3, -0.25) is 0 Å². The molecule has 0 amide bonds. The molecule has 1 unspecified atom stereocenters. The number of ether oxygens (including phenoxy) is 4. The van der Waals surface area contributed by atoms with Crippen molar-refractivity contribution < 1.29 is 27.8 Å².